The molecule has 0 fully saturated rings. The molecule has 0 aliphatic carbocycles. The van der Waals surface area contributed by atoms with Crippen molar-refractivity contribution in [2.45, 2.75) is 0 Å². The molecule has 0 saturated carbocycles. The third-order valence-electron chi connectivity index (χ3n) is 4.34. The van der Waals surface area contributed by atoms with E-state index in [2.05, 4.69) is 10.1 Å². The summed E-state index contributed by atoms with van der Waals surface area (Å²) in [5.41, 5.74) is 2.00. The number of esters is 2. The zero-order valence-electron chi connectivity index (χ0n) is 16.7. The molecule has 0 radical (unpaired) electrons. The van der Waals surface area contributed by atoms with Crippen LogP contribution < -0.4 is 5.32 Å². The van der Waals surface area contributed by atoms with E-state index in [-0.39, 0.29) is 11.3 Å². The van der Waals surface area contributed by atoms with Crippen LogP contribution in [0.5, 0.6) is 0 Å². The van der Waals surface area contributed by atoms with Crippen LogP contribution in [0.2, 0.25) is 0 Å². The second-order valence-electron chi connectivity index (χ2n) is 6.47. The van der Waals surface area contributed by atoms with Gasteiger partial charge in [-0.3, -0.25) is 9.59 Å². The summed E-state index contributed by atoms with van der Waals surface area (Å²) in [6, 6.07) is 20.9. The fourth-order valence-electron chi connectivity index (χ4n) is 2.73. The molecule has 0 aliphatic rings. The largest absolute Gasteiger partial charge is 0.465 e. The van der Waals surface area contributed by atoms with Crippen molar-refractivity contribution in [2.24, 2.45) is 0 Å². The molecule has 3 rings (SSSR count). The molecule has 0 unspecified atom stereocenters. The summed E-state index contributed by atoms with van der Waals surface area (Å²) in [7, 11) is 1.28. The van der Waals surface area contributed by atoms with Crippen LogP contribution >= 0.6 is 0 Å². The van der Waals surface area contributed by atoms with Gasteiger partial charge in [-0.25, -0.2) is 9.59 Å². The number of carbonyl (C=O) groups is 4. The van der Waals surface area contributed by atoms with E-state index >= 15 is 0 Å². The first-order valence-corrected chi connectivity index (χ1v) is 9.33. The van der Waals surface area contributed by atoms with Gasteiger partial charge in [0.25, 0.3) is 5.91 Å². The van der Waals surface area contributed by atoms with Gasteiger partial charge in [0.15, 0.2) is 12.4 Å². The molecule has 0 bridgehead atoms. The highest BCUT2D eigenvalue weighted by Crippen LogP contribution is 2.13. The first-order valence-electron chi connectivity index (χ1n) is 9.33. The van der Waals surface area contributed by atoms with Gasteiger partial charge in [0.1, 0.15) is 0 Å². The Bertz CT molecular complexity index is 1090. The third-order valence-corrected chi connectivity index (χ3v) is 4.34. The van der Waals surface area contributed by atoms with Gasteiger partial charge in [0, 0.05) is 16.8 Å². The Kier molecular flexibility index (Phi) is 6.90. The van der Waals surface area contributed by atoms with Crippen molar-refractivity contribution < 1.29 is 28.7 Å². The maximum atomic E-state index is 12.4. The van der Waals surface area contributed by atoms with Crippen LogP contribution in [0.15, 0.2) is 78.9 Å². The summed E-state index contributed by atoms with van der Waals surface area (Å²) in [6.07, 6.45) is 0. The minimum Gasteiger partial charge on any atom is -0.465 e. The van der Waals surface area contributed by atoms with Gasteiger partial charge in [0.2, 0.25) is 0 Å². The summed E-state index contributed by atoms with van der Waals surface area (Å²) >= 11 is 0. The van der Waals surface area contributed by atoms with E-state index in [1.54, 1.807) is 24.3 Å². The molecular weight excluding hydrogens is 398 g/mol. The lowest BCUT2D eigenvalue weighted by Gasteiger charge is -2.08. The highest BCUT2D eigenvalue weighted by Gasteiger charge is 2.13. The van der Waals surface area contributed by atoms with Crippen molar-refractivity contribution in [2.75, 3.05) is 19.0 Å². The number of hydrogen-bond acceptors (Lipinski definition) is 6. The van der Waals surface area contributed by atoms with Crippen LogP contribution in [0.3, 0.4) is 0 Å². The molecule has 0 spiro atoms. The van der Waals surface area contributed by atoms with Crippen LogP contribution in [0, 0.1) is 0 Å². The van der Waals surface area contributed by atoms with Gasteiger partial charge in [-0.2, -0.15) is 0 Å². The summed E-state index contributed by atoms with van der Waals surface area (Å²) in [6.45, 7) is -0.484. The van der Waals surface area contributed by atoms with Crippen molar-refractivity contribution in [1.82, 2.24) is 0 Å². The Morgan fingerprint density at radius 3 is 1.81 bits per heavy atom. The predicted octanol–water partition coefficient (Wildman–Crippen LogP) is 3.50. The molecule has 31 heavy (non-hydrogen) atoms. The molecule has 3 aromatic rings. The first-order chi connectivity index (χ1) is 15.0. The SMILES string of the molecule is COC(=O)c1ccc(NC(=O)COC(=O)c2ccc(C(=O)c3ccccc3)cc2)cc1. The van der Waals surface area contributed by atoms with Crippen molar-refractivity contribution >= 4 is 29.3 Å². The van der Waals surface area contributed by atoms with Gasteiger partial charge in [-0.1, -0.05) is 42.5 Å². The number of hydrogen-bond donors (Lipinski definition) is 1. The van der Waals surface area contributed by atoms with E-state index in [1.807, 2.05) is 6.07 Å². The summed E-state index contributed by atoms with van der Waals surface area (Å²) in [5.74, 6) is -1.86. The van der Waals surface area contributed by atoms with E-state index in [4.69, 9.17) is 4.74 Å². The van der Waals surface area contributed by atoms with E-state index in [9.17, 15) is 19.2 Å². The van der Waals surface area contributed by atoms with Gasteiger partial charge in [0.05, 0.1) is 18.2 Å². The Balaban J connectivity index is 1.52. The molecule has 7 nitrogen and oxygen atoms in total. The number of methoxy groups -OCH3 is 1. The monoisotopic (exact) mass is 417 g/mol. The molecule has 0 saturated heterocycles. The van der Waals surface area contributed by atoms with Crippen LogP contribution in [0.25, 0.3) is 0 Å². The number of ether oxygens (including phenoxy) is 2. The molecule has 0 atom stereocenters. The number of carbonyl (C=O) groups excluding carboxylic acids is 4. The average molecular weight is 417 g/mol. The zero-order valence-corrected chi connectivity index (χ0v) is 16.7. The minimum absolute atomic E-state index is 0.155. The molecule has 0 heterocycles. The molecular formula is C24H19NO6. The van der Waals surface area contributed by atoms with E-state index < -0.39 is 24.5 Å². The Labute approximate surface area is 178 Å². The molecule has 1 amide bonds. The zero-order chi connectivity index (χ0) is 22.2. The Morgan fingerprint density at radius 2 is 1.19 bits per heavy atom. The van der Waals surface area contributed by atoms with Crippen molar-refractivity contribution in [3.8, 4) is 0 Å². The number of rotatable bonds is 7. The highest BCUT2D eigenvalue weighted by atomic mass is 16.5. The maximum absolute atomic E-state index is 12.4. The molecule has 156 valence electrons. The van der Waals surface area contributed by atoms with Crippen LogP contribution in [-0.4, -0.2) is 37.3 Å². The smallest absolute Gasteiger partial charge is 0.338 e. The second-order valence-corrected chi connectivity index (χ2v) is 6.47. The number of amides is 1. The molecule has 0 aromatic heterocycles. The molecule has 1 N–H and O–H groups in total. The standard InChI is InChI=1S/C24H19NO6/c1-30-23(28)18-11-13-20(14-12-18)25-21(26)15-31-24(29)19-9-7-17(8-10-19)22(27)16-5-3-2-4-6-16/h2-14H,15H2,1H3,(H,25,26). The summed E-state index contributed by atoms with van der Waals surface area (Å²) in [5, 5.41) is 2.56. The van der Waals surface area contributed by atoms with Crippen molar-refractivity contribution in [3.63, 3.8) is 0 Å². The van der Waals surface area contributed by atoms with Gasteiger partial charge >= 0.3 is 11.9 Å². The molecule has 0 aliphatic heterocycles. The quantitative estimate of drug-likeness (QED) is 0.467. The van der Waals surface area contributed by atoms with Crippen LogP contribution in [0.4, 0.5) is 5.69 Å². The van der Waals surface area contributed by atoms with E-state index in [1.165, 1.54) is 55.6 Å². The van der Waals surface area contributed by atoms with E-state index in [0.717, 1.165) is 0 Å². The lowest BCUT2D eigenvalue weighted by Crippen LogP contribution is -2.21. The third kappa shape index (κ3) is 5.63. The summed E-state index contributed by atoms with van der Waals surface area (Å²) < 4.78 is 9.62. The number of benzene rings is 3. The molecule has 7 heteroatoms. The van der Waals surface area contributed by atoms with Gasteiger partial charge in [-0.05, 0) is 36.4 Å². The maximum Gasteiger partial charge on any atom is 0.338 e. The van der Waals surface area contributed by atoms with E-state index in [0.29, 0.717) is 22.4 Å². The summed E-state index contributed by atoms with van der Waals surface area (Å²) in [4.78, 5) is 48.0. The van der Waals surface area contributed by atoms with Gasteiger partial charge in [-0.15, -0.1) is 0 Å². The van der Waals surface area contributed by atoms with Crippen LogP contribution in [0.1, 0.15) is 36.6 Å². The fourth-order valence-corrected chi connectivity index (χ4v) is 2.73. The number of anilines is 1. The average Bonchev–Trinajstić information content (AvgIpc) is 2.82. The van der Waals surface area contributed by atoms with Crippen molar-refractivity contribution in [1.29, 1.82) is 0 Å². The Hall–Kier alpha value is -4.26. The normalized spacial score (nSPS) is 10.1. The van der Waals surface area contributed by atoms with Gasteiger partial charge < -0.3 is 14.8 Å². The second kappa shape index (κ2) is 9.98. The first kappa shape index (κ1) is 21.4. The number of ketones is 1. The topological polar surface area (TPSA) is 98.8 Å². The van der Waals surface area contributed by atoms with Crippen LogP contribution in [-0.2, 0) is 14.3 Å². The Morgan fingerprint density at radius 1 is 0.677 bits per heavy atom. The molecule has 3 aromatic carbocycles. The highest BCUT2D eigenvalue weighted by molar-refractivity contribution is 6.09. The number of nitrogens with one attached hydrogen (secondary N) is 1. The lowest BCUT2D eigenvalue weighted by atomic mass is 10.0. The minimum atomic E-state index is -0.685. The van der Waals surface area contributed by atoms with Crippen molar-refractivity contribution in [3.05, 3.63) is 101 Å². The lowest BCUT2D eigenvalue weighted by molar-refractivity contribution is -0.119. The predicted molar refractivity (Wildman–Crippen MR) is 113 cm³/mol. The fraction of sp³-hybridized carbons (Fsp3) is 0.0833.